The van der Waals surface area contributed by atoms with Gasteiger partial charge < -0.3 is 19.7 Å². The molecule has 0 spiro atoms. The minimum Gasteiger partial charge on any atom is -0.497 e. The first-order valence-corrected chi connectivity index (χ1v) is 9.74. The van der Waals surface area contributed by atoms with Crippen molar-refractivity contribution in [3.63, 3.8) is 0 Å². The van der Waals surface area contributed by atoms with E-state index < -0.39 is 5.60 Å². The molecule has 0 saturated carbocycles. The highest BCUT2D eigenvalue weighted by molar-refractivity contribution is 5.68. The van der Waals surface area contributed by atoms with E-state index in [0.717, 1.165) is 44.5 Å². The van der Waals surface area contributed by atoms with Crippen LogP contribution in [0.25, 0.3) is 0 Å². The fourth-order valence-electron chi connectivity index (χ4n) is 3.89. The fourth-order valence-corrected chi connectivity index (χ4v) is 3.89. The number of nitrogens with one attached hydrogen (secondary N) is 1. The number of methoxy groups -OCH3 is 1. The van der Waals surface area contributed by atoms with Gasteiger partial charge in [-0.25, -0.2) is 4.79 Å². The van der Waals surface area contributed by atoms with Crippen LogP contribution in [-0.4, -0.2) is 48.9 Å². The average molecular weight is 360 g/mol. The molecule has 1 aromatic carbocycles. The van der Waals surface area contributed by atoms with E-state index in [-0.39, 0.29) is 6.09 Å². The number of benzene rings is 1. The number of hydrogen-bond acceptors (Lipinski definition) is 4. The molecule has 1 fully saturated rings. The van der Waals surface area contributed by atoms with Crippen LogP contribution in [0.4, 0.5) is 4.79 Å². The van der Waals surface area contributed by atoms with Crippen molar-refractivity contribution in [1.82, 2.24) is 10.2 Å². The van der Waals surface area contributed by atoms with Crippen molar-refractivity contribution in [1.29, 1.82) is 0 Å². The molecule has 2 aliphatic rings. The van der Waals surface area contributed by atoms with Crippen LogP contribution in [0.3, 0.4) is 0 Å². The Bertz CT molecular complexity index is 631. The van der Waals surface area contributed by atoms with Crippen molar-refractivity contribution in [3.8, 4) is 5.75 Å². The molecule has 1 unspecified atom stereocenters. The number of fused-ring (bicyclic) bond motifs is 1. The molecule has 5 nitrogen and oxygen atoms in total. The summed E-state index contributed by atoms with van der Waals surface area (Å²) in [6.45, 7) is 7.27. The highest BCUT2D eigenvalue weighted by Gasteiger charge is 2.28. The standard InChI is InChI=1S/C21H32N2O3/c1-21(2,3)26-20(24)23-11-9-17(10-12-23)22-18-7-5-15-6-8-19(25-4)14-16(15)13-18/h6,8,14,17-18,22H,5,7,9-13H2,1-4H3. The van der Waals surface area contributed by atoms with Gasteiger partial charge in [0.15, 0.2) is 0 Å². The van der Waals surface area contributed by atoms with E-state index in [0.29, 0.717) is 12.1 Å². The molecular formula is C21H32N2O3. The van der Waals surface area contributed by atoms with Gasteiger partial charge in [-0.3, -0.25) is 0 Å². The van der Waals surface area contributed by atoms with Crippen LogP contribution >= 0.6 is 0 Å². The highest BCUT2D eigenvalue weighted by atomic mass is 16.6. The summed E-state index contributed by atoms with van der Waals surface area (Å²) in [7, 11) is 1.72. The highest BCUT2D eigenvalue weighted by Crippen LogP contribution is 2.26. The topological polar surface area (TPSA) is 50.8 Å². The van der Waals surface area contributed by atoms with Gasteiger partial charge in [0.25, 0.3) is 0 Å². The lowest BCUT2D eigenvalue weighted by molar-refractivity contribution is 0.0195. The maximum Gasteiger partial charge on any atom is 0.410 e. The number of likely N-dealkylation sites (tertiary alicyclic amines) is 1. The lowest BCUT2D eigenvalue weighted by Crippen LogP contribution is -2.49. The van der Waals surface area contributed by atoms with Gasteiger partial charge in [0.1, 0.15) is 11.4 Å². The van der Waals surface area contributed by atoms with Crippen LogP contribution in [0, 0.1) is 0 Å². The Morgan fingerprint density at radius 1 is 1.12 bits per heavy atom. The number of amides is 1. The minimum absolute atomic E-state index is 0.186. The molecule has 1 aliphatic carbocycles. The molecule has 0 bridgehead atoms. The number of carbonyl (C=O) groups is 1. The van der Waals surface area contributed by atoms with Gasteiger partial charge in [-0.1, -0.05) is 6.07 Å². The SMILES string of the molecule is COc1ccc2c(c1)CC(NC1CCN(C(=O)OC(C)(C)C)CC1)CC2. The number of nitrogens with zero attached hydrogens (tertiary/aromatic N) is 1. The smallest absolute Gasteiger partial charge is 0.410 e. The molecule has 1 amide bonds. The quantitative estimate of drug-likeness (QED) is 0.896. The summed E-state index contributed by atoms with van der Waals surface area (Å²) >= 11 is 0. The Labute approximate surface area is 157 Å². The van der Waals surface area contributed by atoms with E-state index in [2.05, 4.69) is 23.5 Å². The molecule has 1 aliphatic heterocycles. The Balaban J connectivity index is 1.48. The maximum absolute atomic E-state index is 12.2. The molecule has 1 aromatic rings. The van der Waals surface area contributed by atoms with Crippen molar-refractivity contribution in [2.24, 2.45) is 0 Å². The van der Waals surface area contributed by atoms with Crippen molar-refractivity contribution in [3.05, 3.63) is 29.3 Å². The molecule has 1 atom stereocenters. The third-order valence-corrected chi connectivity index (χ3v) is 5.26. The Morgan fingerprint density at radius 3 is 2.50 bits per heavy atom. The van der Waals surface area contributed by atoms with Gasteiger partial charge in [-0.2, -0.15) is 0 Å². The van der Waals surface area contributed by atoms with Gasteiger partial charge in [-0.15, -0.1) is 0 Å². The summed E-state index contributed by atoms with van der Waals surface area (Å²) < 4.78 is 10.8. The van der Waals surface area contributed by atoms with Crippen molar-refractivity contribution >= 4 is 6.09 Å². The van der Waals surface area contributed by atoms with Crippen molar-refractivity contribution in [2.45, 2.75) is 70.6 Å². The van der Waals surface area contributed by atoms with E-state index in [9.17, 15) is 4.79 Å². The number of hydrogen-bond donors (Lipinski definition) is 1. The second-order valence-corrected chi connectivity index (χ2v) is 8.48. The largest absolute Gasteiger partial charge is 0.497 e. The predicted octanol–water partition coefficient (Wildman–Crippen LogP) is 3.54. The van der Waals surface area contributed by atoms with Crippen molar-refractivity contribution in [2.75, 3.05) is 20.2 Å². The second-order valence-electron chi connectivity index (χ2n) is 8.48. The lowest BCUT2D eigenvalue weighted by Gasteiger charge is -2.36. The zero-order chi connectivity index (χ0) is 18.7. The van der Waals surface area contributed by atoms with Gasteiger partial charge in [0, 0.05) is 25.2 Å². The molecule has 26 heavy (non-hydrogen) atoms. The average Bonchev–Trinajstić information content (AvgIpc) is 2.60. The summed E-state index contributed by atoms with van der Waals surface area (Å²) in [5.74, 6) is 0.940. The van der Waals surface area contributed by atoms with E-state index in [1.54, 1.807) is 7.11 Å². The van der Waals surface area contributed by atoms with Crippen LogP contribution in [0.15, 0.2) is 18.2 Å². The molecular weight excluding hydrogens is 328 g/mol. The summed E-state index contributed by atoms with van der Waals surface area (Å²) in [6.07, 6.45) is 5.13. The van der Waals surface area contributed by atoms with E-state index in [4.69, 9.17) is 9.47 Å². The van der Waals surface area contributed by atoms with Gasteiger partial charge in [-0.05, 0) is 76.1 Å². The number of carbonyl (C=O) groups excluding carboxylic acids is 1. The van der Waals surface area contributed by atoms with Crippen LogP contribution < -0.4 is 10.1 Å². The van der Waals surface area contributed by atoms with Crippen LogP contribution in [0.5, 0.6) is 5.75 Å². The van der Waals surface area contributed by atoms with Crippen LogP contribution in [0.1, 0.15) is 51.2 Å². The first kappa shape index (κ1) is 19.0. The number of piperidine rings is 1. The molecule has 1 N–H and O–H groups in total. The molecule has 144 valence electrons. The summed E-state index contributed by atoms with van der Waals surface area (Å²) in [5, 5.41) is 3.82. The third-order valence-electron chi connectivity index (χ3n) is 5.26. The zero-order valence-electron chi connectivity index (χ0n) is 16.5. The van der Waals surface area contributed by atoms with E-state index >= 15 is 0 Å². The fraction of sp³-hybridized carbons (Fsp3) is 0.667. The molecule has 0 radical (unpaired) electrons. The Morgan fingerprint density at radius 2 is 1.85 bits per heavy atom. The van der Waals surface area contributed by atoms with Gasteiger partial charge in [0.2, 0.25) is 0 Å². The Hall–Kier alpha value is -1.75. The summed E-state index contributed by atoms with van der Waals surface area (Å²) in [5.41, 5.74) is 2.42. The number of aryl methyl sites for hydroxylation is 1. The zero-order valence-corrected chi connectivity index (χ0v) is 16.5. The summed E-state index contributed by atoms with van der Waals surface area (Å²) in [4.78, 5) is 14.0. The van der Waals surface area contributed by atoms with E-state index in [1.807, 2.05) is 25.7 Å². The first-order valence-electron chi connectivity index (χ1n) is 9.74. The summed E-state index contributed by atoms with van der Waals surface area (Å²) in [6, 6.07) is 7.41. The second kappa shape index (κ2) is 7.87. The molecule has 1 heterocycles. The maximum atomic E-state index is 12.2. The number of ether oxygens (including phenoxy) is 2. The third kappa shape index (κ3) is 4.91. The predicted molar refractivity (Wildman–Crippen MR) is 103 cm³/mol. The normalized spacial score (nSPS) is 21.2. The molecule has 1 saturated heterocycles. The molecule has 0 aromatic heterocycles. The minimum atomic E-state index is -0.428. The number of rotatable bonds is 3. The lowest BCUT2D eigenvalue weighted by atomic mass is 9.87. The Kier molecular flexibility index (Phi) is 5.76. The van der Waals surface area contributed by atoms with Crippen LogP contribution in [0.2, 0.25) is 0 Å². The van der Waals surface area contributed by atoms with E-state index in [1.165, 1.54) is 17.5 Å². The van der Waals surface area contributed by atoms with Crippen LogP contribution in [-0.2, 0) is 17.6 Å². The van der Waals surface area contributed by atoms with Gasteiger partial charge in [0.05, 0.1) is 7.11 Å². The first-order chi connectivity index (χ1) is 12.3. The monoisotopic (exact) mass is 360 g/mol. The molecule has 3 rings (SSSR count). The van der Waals surface area contributed by atoms with Crippen molar-refractivity contribution < 1.29 is 14.3 Å². The van der Waals surface area contributed by atoms with Gasteiger partial charge >= 0.3 is 6.09 Å². The molecule has 5 heteroatoms.